The average molecular weight is 252 g/mol. The molecule has 0 saturated carbocycles. The second-order valence-corrected chi connectivity index (χ2v) is 4.57. The average Bonchev–Trinajstić information content (AvgIpc) is 2.39. The van der Waals surface area contributed by atoms with Crippen molar-refractivity contribution in [3.63, 3.8) is 0 Å². The SMILES string of the molecule is CCC(C)N(CCOC)c1ccc(C(C)O)cn1. The van der Waals surface area contributed by atoms with Gasteiger partial charge in [0, 0.05) is 25.9 Å². The zero-order valence-electron chi connectivity index (χ0n) is 11.8. The lowest BCUT2D eigenvalue weighted by Gasteiger charge is -2.29. The van der Waals surface area contributed by atoms with E-state index >= 15 is 0 Å². The Kier molecular flexibility index (Phi) is 6.09. The van der Waals surface area contributed by atoms with Gasteiger partial charge in [-0.1, -0.05) is 13.0 Å². The predicted molar refractivity (Wildman–Crippen MR) is 73.8 cm³/mol. The highest BCUT2D eigenvalue weighted by Gasteiger charge is 2.14. The molecule has 2 unspecified atom stereocenters. The molecule has 4 heteroatoms. The molecule has 0 spiro atoms. The van der Waals surface area contributed by atoms with Gasteiger partial charge in [0.1, 0.15) is 5.82 Å². The zero-order valence-corrected chi connectivity index (χ0v) is 11.8. The van der Waals surface area contributed by atoms with E-state index in [1.54, 1.807) is 20.2 Å². The van der Waals surface area contributed by atoms with Crippen LogP contribution in [0, 0.1) is 0 Å². The Morgan fingerprint density at radius 2 is 2.11 bits per heavy atom. The summed E-state index contributed by atoms with van der Waals surface area (Å²) in [5.41, 5.74) is 0.842. The highest BCUT2D eigenvalue weighted by Crippen LogP contribution is 2.18. The molecule has 0 saturated heterocycles. The molecule has 0 aromatic carbocycles. The van der Waals surface area contributed by atoms with Gasteiger partial charge in [-0.15, -0.1) is 0 Å². The summed E-state index contributed by atoms with van der Waals surface area (Å²) < 4.78 is 5.14. The van der Waals surface area contributed by atoms with E-state index in [4.69, 9.17) is 4.74 Å². The van der Waals surface area contributed by atoms with Crippen LogP contribution in [0.25, 0.3) is 0 Å². The molecule has 0 radical (unpaired) electrons. The van der Waals surface area contributed by atoms with Crippen molar-refractivity contribution in [3.05, 3.63) is 23.9 Å². The summed E-state index contributed by atoms with van der Waals surface area (Å²) in [5, 5.41) is 9.48. The fourth-order valence-corrected chi connectivity index (χ4v) is 1.79. The zero-order chi connectivity index (χ0) is 13.5. The van der Waals surface area contributed by atoms with Crippen LogP contribution in [0.5, 0.6) is 0 Å². The smallest absolute Gasteiger partial charge is 0.128 e. The molecule has 4 nitrogen and oxygen atoms in total. The maximum Gasteiger partial charge on any atom is 0.128 e. The van der Waals surface area contributed by atoms with Crippen LogP contribution in [0.4, 0.5) is 5.82 Å². The van der Waals surface area contributed by atoms with E-state index in [1.807, 2.05) is 12.1 Å². The van der Waals surface area contributed by atoms with Crippen molar-refractivity contribution in [2.45, 2.75) is 39.3 Å². The third kappa shape index (κ3) is 3.96. The van der Waals surface area contributed by atoms with Gasteiger partial charge in [0.15, 0.2) is 0 Å². The lowest BCUT2D eigenvalue weighted by molar-refractivity contribution is 0.198. The molecule has 1 aromatic heterocycles. The van der Waals surface area contributed by atoms with Gasteiger partial charge in [0.05, 0.1) is 12.7 Å². The normalized spacial score (nSPS) is 14.3. The van der Waals surface area contributed by atoms with Crippen molar-refractivity contribution in [2.75, 3.05) is 25.2 Å². The van der Waals surface area contributed by atoms with Crippen LogP contribution in [-0.4, -0.2) is 36.4 Å². The van der Waals surface area contributed by atoms with Crippen LogP contribution in [0.3, 0.4) is 0 Å². The van der Waals surface area contributed by atoms with Crippen molar-refractivity contribution in [1.82, 2.24) is 4.98 Å². The summed E-state index contributed by atoms with van der Waals surface area (Å²) in [6.07, 6.45) is 2.33. The first kappa shape index (κ1) is 14.9. The first-order valence-corrected chi connectivity index (χ1v) is 6.49. The molecule has 1 aromatic rings. The van der Waals surface area contributed by atoms with Crippen LogP contribution >= 0.6 is 0 Å². The quantitative estimate of drug-likeness (QED) is 0.809. The van der Waals surface area contributed by atoms with E-state index in [9.17, 15) is 5.11 Å². The van der Waals surface area contributed by atoms with Crippen LogP contribution in [-0.2, 0) is 4.74 Å². The van der Waals surface area contributed by atoms with Crippen LogP contribution in [0.2, 0.25) is 0 Å². The summed E-state index contributed by atoms with van der Waals surface area (Å²) in [6.45, 7) is 7.60. The summed E-state index contributed by atoms with van der Waals surface area (Å²) >= 11 is 0. The topological polar surface area (TPSA) is 45.6 Å². The van der Waals surface area contributed by atoms with Crippen molar-refractivity contribution < 1.29 is 9.84 Å². The lowest BCUT2D eigenvalue weighted by atomic mass is 10.1. The number of hydrogen-bond acceptors (Lipinski definition) is 4. The van der Waals surface area contributed by atoms with Crippen molar-refractivity contribution in [3.8, 4) is 0 Å². The van der Waals surface area contributed by atoms with Gasteiger partial charge < -0.3 is 14.7 Å². The molecule has 18 heavy (non-hydrogen) atoms. The van der Waals surface area contributed by atoms with E-state index in [0.717, 1.165) is 24.3 Å². The number of pyridine rings is 1. The molecular formula is C14H24N2O2. The number of aromatic nitrogens is 1. The lowest BCUT2D eigenvalue weighted by Crippen LogP contribution is -2.36. The number of aliphatic hydroxyl groups excluding tert-OH is 1. The maximum atomic E-state index is 9.48. The number of anilines is 1. The minimum absolute atomic E-state index is 0.421. The second-order valence-electron chi connectivity index (χ2n) is 4.57. The van der Waals surface area contributed by atoms with Crippen LogP contribution < -0.4 is 4.90 Å². The number of hydrogen-bond donors (Lipinski definition) is 1. The molecule has 1 heterocycles. The summed E-state index contributed by atoms with van der Waals surface area (Å²) in [7, 11) is 1.71. The van der Waals surface area contributed by atoms with E-state index in [1.165, 1.54) is 0 Å². The van der Waals surface area contributed by atoms with Crippen LogP contribution in [0.1, 0.15) is 38.9 Å². The van der Waals surface area contributed by atoms with Gasteiger partial charge in [-0.3, -0.25) is 0 Å². The van der Waals surface area contributed by atoms with Gasteiger partial charge in [-0.05, 0) is 31.9 Å². The van der Waals surface area contributed by atoms with E-state index < -0.39 is 6.10 Å². The maximum absolute atomic E-state index is 9.48. The fourth-order valence-electron chi connectivity index (χ4n) is 1.79. The molecule has 0 fully saturated rings. The number of nitrogens with zero attached hydrogens (tertiary/aromatic N) is 2. The first-order valence-electron chi connectivity index (χ1n) is 6.49. The molecule has 102 valence electrons. The molecule has 0 aliphatic carbocycles. The summed E-state index contributed by atoms with van der Waals surface area (Å²) in [6, 6.07) is 4.31. The largest absolute Gasteiger partial charge is 0.389 e. The highest BCUT2D eigenvalue weighted by molar-refractivity contribution is 5.40. The van der Waals surface area contributed by atoms with Gasteiger partial charge in [0.2, 0.25) is 0 Å². The molecule has 1 rings (SSSR count). The van der Waals surface area contributed by atoms with E-state index in [0.29, 0.717) is 12.6 Å². The minimum atomic E-state index is -0.470. The van der Waals surface area contributed by atoms with Crippen molar-refractivity contribution in [2.24, 2.45) is 0 Å². The van der Waals surface area contributed by atoms with Crippen molar-refractivity contribution >= 4 is 5.82 Å². The minimum Gasteiger partial charge on any atom is -0.389 e. The predicted octanol–water partition coefficient (Wildman–Crippen LogP) is 2.39. The van der Waals surface area contributed by atoms with Gasteiger partial charge in [-0.25, -0.2) is 4.98 Å². The number of aliphatic hydroxyl groups is 1. The Labute approximate surface area is 110 Å². The molecule has 2 atom stereocenters. The monoisotopic (exact) mass is 252 g/mol. The van der Waals surface area contributed by atoms with Crippen molar-refractivity contribution in [1.29, 1.82) is 0 Å². The Morgan fingerprint density at radius 3 is 2.56 bits per heavy atom. The third-order valence-corrected chi connectivity index (χ3v) is 3.21. The third-order valence-electron chi connectivity index (χ3n) is 3.21. The standard InChI is InChI=1S/C14H24N2O2/c1-5-11(2)16(8-9-18-4)14-7-6-13(10-15-14)12(3)17/h6-7,10-12,17H,5,8-9H2,1-4H3. The molecule has 0 amide bonds. The highest BCUT2D eigenvalue weighted by atomic mass is 16.5. The molecule has 0 bridgehead atoms. The Bertz CT molecular complexity index is 338. The number of rotatable bonds is 7. The van der Waals surface area contributed by atoms with Gasteiger partial charge in [0.25, 0.3) is 0 Å². The number of ether oxygens (including phenoxy) is 1. The second kappa shape index (κ2) is 7.34. The fraction of sp³-hybridized carbons (Fsp3) is 0.643. The summed E-state index contributed by atoms with van der Waals surface area (Å²) in [5.74, 6) is 0.936. The van der Waals surface area contributed by atoms with E-state index in [-0.39, 0.29) is 0 Å². The Balaban J connectivity index is 2.83. The molecule has 1 N–H and O–H groups in total. The molecule has 0 aliphatic heterocycles. The van der Waals surface area contributed by atoms with Gasteiger partial charge >= 0.3 is 0 Å². The Hall–Kier alpha value is -1.13. The Morgan fingerprint density at radius 1 is 1.39 bits per heavy atom. The summed E-state index contributed by atoms with van der Waals surface area (Å²) in [4.78, 5) is 6.66. The molecular weight excluding hydrogens is 228 g/mol. The van der Waals surface area contributed by atoms with Gasteiger partial charge in [-0.2, -0.15) is 0 Å². The first-order chi connectivity index (χ1) is 8.60. The molecule has 0 aliphatic rings. The number of methoxy groups -OCH3 is 1. The van der Waals surface area contributed by atoms with Crippen LogP contribution in [0.15, 0.2) is 18.3 Å². The van der Waals surface area contributed by atoms with E-state index in [2.05, 4.69) is 23.7 Å².